The van der Waals surface area contributed by atoms with E-state index in [4.69, 9.17) is 23.7 Å². The molecule has 2 saturated heterocycles. The fourth-order valence-electron chi connectivity index (χ4n) is 17.9. The van der Waals surface area contributed by atoms with Gasteiger partial charge in [0.1, 0.15) is 16.8 Å². The number of alkyl halides is 1. The number of aliphatic hydroxyl groups is 2. The number of carbonyl (C=O) groups is 2. The highest BCUT2D eigenvalue weighted by molar-refractivity contribution is 14.1. The van der Waals surface area contributed by atoms with E-state index < -0.39 is 22.0 Å². The molecule has 12 rings (SSSR count). The molecular weight excluding hydrogens is 1280 g/mol. The Morgan fingerprint density at radius 2 is 0.968 bits per heavy atom. The number of unbranched alkanes of at least 4 members (excludes halogenated alkanes) is 22. The summed E-state index contributed by atoms with van der Waals surface area (Å²) >= 11 is 2.06. The summed E-state index contributed by atoms with van der Waals surface area (Å²) in [5.41, 5.74) is 4.35. The van der Waals surface area contributed by atoms with E-state index in [1.807, 2.05) is 12.1 Å². The van der Waals surface area contributed by atoms with Gasteiger partial charge in [0.15, 0.2) is 23.0 Å². The second-order valence-electron chi connectivity index (χ2n) is 29.9. The van der Waals surface area contributed by atoms with Crippen LogP contribution >= 0.6 is 22.6 Å². The third kappa shape index (κ3) is 16.8. The summed E-state index contributed by atoms with van der Waals surface area (Å²) in [5, 5.41) is 35.0. The van der Waals surface area contributed by atoms with Gasteiger partial charge in [0.05, 0.1) is 22.0 Å². The number of esters is 2. The van der Waals surface area contributed by atoms with Gasteiger partial charge >= 0.3 is 11.9 Å². The maximum Gasteiger partial charge on any atom is 0.308 e. The zero-order valence-electron chi connectivity index (χ0n) is 57.5. The number of phenolic OH excluding ortho intramolecular Hbond substituents is 1. The van der Waals surface area contributed by atoms with Crippen molar-refractivity contribution in [3.63, 3.8) is 0 Å². The Labute approximate surface area is 574 Å². The van der Waals surface area contributed by atoms with Gasteiger partial charge in [0.25, 0.3) is 0 Å². The fourth-order valence-corrected chi connectivity index (χ4v) is 18.3. The Hall–Kier alpha value is -3.89. The standard InChI is InChI=1S/C40H59NO5.C21H25NO3.C19H35IO2/c1-3-4-5-6-7-8-9-10-11-12-13-14-15-16-17-18-35(42)45-29-44-33-22-21-32-27-34-40(43)24-23-30(2)38-39(40,36(32)37(33)46-38)25-26-41(34)28-31-19-20-31;1-12-6-7-21(24)16-10-14-4-5-15(23)18-17(14)20(21,19(12)25-18)8-9-22(16)11-13-2-3-13;1-2-3-4-5-6-7-8-9-10-11-12-13-14-15-16-17-19(21)22-18-20/h10-11,21-22,31,34,38,43H,2-9,12-20,23-29H2,1H3;4-5,13,16,19,23-24H,1-3,6-11H2;9-10H,2-8,11-18H2,1H3/b11-10+;;10-9+/t34?,38-,39-,40+;16?,19-,20-,21+;/m00./s1. The summed E-state index contributed by atoms with van der Waals surface area (Å²) in [7, 11) is 0. The van der Waals surface area contributed by atoms with Gasteiger partial charge in [-0.2, -0.15) is 0 Å². The summed E-state index contributed by atoms with van der Waals surface area (Å²) < 4.78 is 29.9. The minimum Gasteiger partial charge on any atom is -0.504 e. The smallest absolute Gasteiger partial charge is 0.308 e. The van der Waals surface area contributed by atoms with Crippen LogP contribution in [0.3, 0.4) is 0 Å². The predicted octanol–water partition coefficient (Wildman–Crippen LogP) is 18.2. The molecule has 2 aromatic carbocycles. The molecule has 10 aliphatic rings. The summed E-state index contributed by atoms with van der Waals surface area (Å²) in [6.07, 6.45) is 54.6. The van der Waals surface area contributed by atoms with Crippen molar-refractivity contribution in [1.82, 2.24) is 9.80 Å². The van der Waals surface area contributed by atoms with Crippen molar-refractivity contribution in [1.29, 1.82) is 0 Å². The molecule has 12 nitrogen and oxygen atoms in total. The SMILES string of the molecule is C=C1CC[C@@]2(O)C3Cc4ccc(O)c5c4[C@@]2(CCN3CC2CC2)[C@H]1O5.C=C1CC[C@@]2(O)C3Cc4ccc(OCOC(=O)CCCCCCC/C=C/CCCCCCCC)c5c4[C@@]2(CCN3CC2CC2)[C@H]1O5.CCCCCCCC/C=C/CCCCCCCC(=O)OCI. The first kappa shape index (κ1) is 71.9. The van der Waals surface area contributed by atoms with Crippen LogP contribution < -0.4 is 14.2 Å². The van der Waals surface area contributed by atoms with Crippen molar-refractivity contribution in [2.24, 2.45) is 11.8 Å². The van der Waals surface area contributed by atoms with E-state index in [1.54, 1.807) is 6.07 Å². The number of nitrogens with zero attached hydrogens (tertiary/aromatic N) is 2. The van der Waals surface area contributed by atoms with Crippen molar-refractivity contribution in [3.05, 3.63) is 95.1 Å². The number of benzene rings is 2. The van der Waals surface area contributed by atoms with Crippen LogP contribution in [-0.2, 0) is 42.7 Å². The van der Waals surface area contributed by atoms with Gasteiger partial charge in [-0.1, -0.05) is 166 Å². The number of rotatable bonds is 38. The van der Waals surface area contributed by atoms with Gasteiger partial charge in [0.2, 0.25) is 6.79 Å². The number of likely N-dealkylation sites (tertiary alicyclic amines) is 2. The molecule has 0 radical (unpaired) electrons. The lowest BCUT2D eigenvalue weighted by molar-refractivity contribution is -0.174. The van der Waals surface area contributed by atoms with E-state index in [-0.39, 0.29) is 48.8 Å². The number of halogens is 1. The second kappa shape index (κ2) is 34.5. The molecule has 3 N–H and O–H groups in total. The van der Waals surface area contributed by atoms with Crippen LogP contribution in [0.15, 0.2) is 72.9 Å². The van der Waals surface area contributed by atoms with Gasteiger partial charge < -0.3 is 39.0 Å². The first-order valence-electron chi connectivity index (χ1n) is 37.8. The van der Waals surface area contributed by atoms with Gasteiger partial charge in [-0.25, -0.2) is 0 Å². The lowest BCUT2D eigenvalue weighted by Gasteiger charge is -2.63. The third-order valence-electron chi connectivity index (χ3n) is 23.3. The molecule has 6 aliphatic carbocycles. The monoisotopic (exact) mass is 1390 g/mol. The number of piperidine rings is 2. The number of hydrogen-bond donors (Lipinski definition) is 3. The van der Waals surface area contributed by atoms with E-state index >= 15 is 0 Å². The molecule has 4 heterocycles. The Balaban J connectivity index is 0.000000169. The highest BCUT2D eigenvalue weighted by Gasteiger charge is 2.73. The lowest BCUT2D eigenvalue weighted by atomic mass is 9.48. The molecule has 4 aliphatic heterocycles. The van der Waals surface area contributed by atoms with Crippen molar-refractivity contribution in [2.45, 2.75) is 317 Å². The Kier molecular flexibility index (Phi) is 26.7. The average molecular weight is 1400 g/mol. The van der Waals surface area contributed by atoms with Crippen molar-refractivity contribution in [3.8, 4) is 23.0 Å². The Morgan fingerprint density at radius 1 is 0.559 bits per heavy atom. The van der Waals surface area contributed by atoms with E-state index in [0.717, 1.165) is 150 Å². The molecule has 2 spiro atoms. The first-order chi connectivity index (χ1) is 45.3. The topological polar surface area (TPSA) is 147 Å². The van der Waals surface area contributed by atoms with E-state index in [1.165, 1.54) is 172 Å². The maximum atomic E-state index is 12.5. The van der Waals surface area contributed by atoms with E-state index in [9.17, 15) is 24.9 Å². The summed E-state index contributed by atoms with van der Waals surface area (Å²) in [6.45, 7) is 17.3. The second-order valence-corrected chi connectivity index (χ2v) is 30.5. The molecule has 0 amide bonds. The van der Waals surface area contributed by atoms with Crippen LogP contribution in [-0.4, -0.2) is 110 Å². The normalized spacial score (nSPS) is 27.6. The molecule has 8 atom stereocenters. The van der Waals surface area contributed by atoms with E-state index in [0.29, 0.717) is 29.0 Å². The van der Waals surface area contributed by atoms with Gasteiger partial charge in [-0.05, 0) is 223 Å². The largest absolute Gasteiger partial charge is 0.504 e. The Bertz CT molecular complexity index is 2850. The molecule has 6 fully saturated rings. The van der Waals surface area contributed by atoms with Crippen LogP contribution in [0.2, 0.25) is 0 Å². The summed E-state index contributed by atoms with van der Waals surface area (Å²) in [6, 6.07) is 8.20. The maximum absolute atomic E-state index is 12.5. The third-order valence-corrected chi connectivity index (χ3v) is 23.7. The lowest BCUT2D eigenvalue weighted by Crippen LogP contribution is -2.75. The van der Waals surface area contributed by atoms with Crippen LogP contribution in [0.25, 0.3) is 0 Å². The molecule has 13 heteroatoms. The highest BCUT2D eigenvalue weighted by Crippen LogP contribution is 2.68. The molecular formula is C80H119IN2O10. The molecule has 4 saturated carbocycles. The number of carbonyl (C=O) groups excluding carboxylic acids is 2. The van der Waals surface area contributed by atoms with Gasteiger partial charge in [-0.3, -0.25) is 19.4 Å². The van der Waals surface area contributed by atoms with Crippen LogP contribution in [0.5, 0.6) is 23.0 Å². The van der Waals surface area contributed by atoms with E-state index in [2.05, 4.69) is 89.8 Å². The quantitative estimate of drug-likeness (QED) is 0.0147. The van der Waals surface area contributed by atoms with Crippen molar-refractivity contribution >= 4 is 34.5 Å². The zero-order valence-corrected chi connectivity index (χ0v) is 59.7. The molecule has 4 bridgehead atoms. The number of ether oxygens (including phenoxy) is 5. The van der Waals surface area contributed by atoms with Crippen LogP contribution in [0, 0.1) is 11.8 Å². The molecule has 516 valence electrons. The van der Waals surface area contributed by atoms with Crippen LogP contribution in [0.4, 0.5) is 0 Å². The first-order valence-corrected chi connectivity index (χ1v) is 39.3. The van der Waals surface area contributed by atoms with Gasteiger partial charge in [-0.15, -0.1) is 0 Å². The molecule has 93 heavy (non-hydrogen) atoms. The summed E-state index contributed by atoms with van der Waals surface area (Å²) in [5.74, 6) is 3.50. The number of phenols is 1. The summed E-state index contributed by atoms with van der Waals surface area (Å²) in [4.78, 5) is 28.7. The Morgan fingerprint density at radius 3 is 1.42 bits per heavy atom. The predicted molar refractivity (Wildman–Crippen MR) is 382 cm³/mol. The highest BCUT2D eigenvalue weighted by atomic mass is 127. The number of allylic oxidation sites excluding steroid dienone is 4. The van der Waals surface area contributed by atoms with Crippen molar-refractivity contribution in [2.75, 3.05) is 37.6 Å². The van der Waals surface area contributed by atoms with Crippen molar-refractivity contribution < 1.29 is 48.6 Å². The molecule has 2 unspecified atom stereocenters. The van der Waals surface area contributed by atoms with Crippen LogP contribution in [0.1, 0.15) is 280 Å². The zero-order chi connectivity index (χ0) is 65.3. The minimum absolute atomic E-state index is 0.0490. The minimum atomic E-state index is -0.834. The number of aromatic hydroxyl groups is 1. The molecule has 2 aromatic rings. The fraction of sp³-hybridized carbons (Fsp3) is 0.725. The average Bonchev–Trinajstić information content (AvgIpc) is 1.58. The number of hydrogen-bond acceptors (Lipinski definition) is 12. The molecule has 0 aromatic heterocycles. The van der Waals surface area contributed by atoms with Gasteiger partial charge in [0, 0.05) is 49.1 Å².